The molecule has 20 heavy (non-hydrogen) atoms. The van der Waals surface area contributed by atoms with Crippen molar-refractivity contribution in [3.8, 4) is 0 Å². The molecule has 0 saturated carbocycles. The van der Waals surface area contributed by atoms with Gasteiger partial charge in [0.1, 0.15) is 0 Å². The van der Waals surface area contributed by atoms with Crippen molar-refractivity contribution in [1.82, 2.24) is 5.32 Å². The fraction of sp³-hybridized carbons (Fsp3) is 0.333. The van der Waals surface area contributed by atoms with Crippen molar-refractivity contribution in [3.63, 3.8) is 0 Å². The smallest absolute Gasteiger partial charge is 0.0931 e. The third kappa shape index (κ3) is 4.37. The predicted molar refractivity (Wildman–Crippen MR) is 90.5 cm³/mol. The van der Waals surface area contributed by atoms with Crippen molar-refractivity contribution < 1.29 is 0 Å². The molecular formula is C15H16Cl3NS. The molecule has 0 saturated heterocycles. The Hall–Kier alpha value is -0.250. The minimum atomic E-state index is 0.254. The van der Waals surface area contributed by atoms with Crippen LogP contribution < -0.4 is 5.32 Å². The van der Waals surface area contributed by atoms with Gasteiger partial charge in [0.15, 0.2) is 0 Å². The SMILES string of the molecule is CCCNC(Cc1ccc(Cl)c(Cl)c1)c1ccc(Cl)s1. The average Bonchev–Trinajstić information content (AvgIpc) is 2.85. The Kier molecular flexibility index (Phi) is 6.19. The highest BCUT2D eigenvalue weighted by molar-refractivity contribution is 7.16. The van der Waals surface area contributed by atoms with Crippen LogP contribution in [0.4, 0.5) is 0 Å². The minimum absolute atomic E-state index is 0.254. The predicted octanol–water partition coefficient (Wildman–Crippen LogP) is 5.99. The highest BCUT2D eigenvalue weighted by Crippen LogP contribution is 2.30. The van der Waals surface area contributed by atoms with E-state index in [2.05, 4.69) is 18.3 Å². The summed E-state index contributed by atoms with van der Waals surface area (Å²) >= 11 is 19.7. The molecule has 0 aliphatic carbocycles. The monoisotopic (exact) mass is 347 g/mol. The van der Waals surface area contributed by atoms with Crippen LogP contribution in [0.5, 0.6) is 0 Å². The Balaban J connectivity index is 2.16. The topological polar surface area (TPSA) is 12.0 Å². The van der Waals surface area contributed by atoms with Crippen LogP contribution in [-0.4, -0.2) is 6.54 Å². The molecule has 1 atom stereocenters. The maximum absolute atomic E-state index is 6.08. The molecule has 0 spiro atoms. The van der Waals surface area contributed by atoms with Crippen molar-refractivity contribution in [2.24, 2.45) is 0 Å². The Labute approximate surface area is 138 Å². The molecule has 1 aromatic heterocycles. The molecule has 0 bridgehead atoms. The summed E-state index contributed by atoms with van der Waals surface area (Å²) in [4.78, 5) is 1.24. The van der Waals surface area contributed by atoms with Crippen LogP contribution in [0.15, 0.2) is 30.3 Å². The molecule has 2 aromatic rings. The zero-order chi connectivity index (χ0) is 14.5. The summed E-state index contributed by atoms with van der Waals surface area (Å²) in [6.45, 7) is 3.13. The lowest BCUT2D eigenvalue weighted by molar-refractivity contribution is 0.536. The number of halogens is 3. The van der Waals surface area contributed by atoms with E-state index in [9.17, 15) is 0 Å². The van der Waals surface area contributed by atoms with Gasteiger partial charge in [-0.15, -0.1) is 11.3 Å². The second-order valence-electron chi connectivity index (χ2n) is 4.60. The molecule has 1 unspecified atom stereocenters. The van der Waals surface area contributed by atoms with E-state index >= 15 is 0 Å². The molecule has 1 heterocycles. The minimum Gasteiger partial charge on any atom is -0.309 e. The zero-order valence-electron chi connectivity index (χ0n) is 11.1. The van der Waals surface area contributed by atoms with E-state index in [0.29, 0.717) is 10.0 Å². The Morgan fingerprint density at radius 1 is 1.10 bits per heavy atom. The van der Waals surface area contributed by atoms with Crippen molar-refractivity contribution in [2.75, 3.05) is 6.54 Å². The number of benzene rings is 1. The normalized spacial score (nSPS) is 12.6. The van der Waals surface area contributed by atoms with Crippen LogP contribution >= 0.6 is 46.1 Å². The van der Waals surface area contributed by atoms with Crippen LogP contribution in [0.1, 0.15) is 29.8 Å². The highest BCUT2D eigenvalue weighted by atomic mass is 35.5. The molecule has 5 heteroatoms. The van der Waals surface area contributed by atoms with E-state index in [1.165, 1.54) is 4.88 Å². The van der Waals surface area contributed by atoms with Crippen LogP contribution in [-0.2, 0) is 6.42 Å². The van der Waals surface area contributed by atoms with Gasteiger partial charge in [-0.05, 0) is 49.2 Å². The number of rotatable bonds is 6. The van der Waals surface area contributed by atoms with E-state index < -0.39 is 0 Å². The first-order valence-electron chi connectivity index (χ1n) is 6.52. The first-order chi connectivity index (χ1) is 9.60. The van der Waals surface area contributed by atoms with E-state index in [1.807, 2.05) is 24.3 Å². The standard InChI is InChI=1S/C15H16Cl3NS/c1-2-7-19-13(14-5-6-15(18)20-14)9-10-3-4-11(16)12(17)8-10/h3-6,8,13,19H,2,7,9H2,1H3. The van der Waals surface area contributed by atoms with Crippen LogP contribution in [0.2, 0.25) is 14.4 Å². The van der Waals surface area contributed by atoms with Crippen LogP contribution in [0.25, 0.3) is 0 Å². The van der Waals surface area contributed by atoms with E-state index in [1.54, 1.807) is 11.3 Å². The molecule has 1 aromatic carbocycles. The van der Waals surface area contributed by atoms with Gasteiger partial charge in [0.25, 0.3) is 0 Å². The molecule has 0 aliphatic heterocycles. The van der Waals surface area contributed by atoms with Gasteiger partial charge < -0.3 is 5.32 Å². The molecule has 0 amide bonds. The maximum Gasteiger partial charge on any atom is 0.0931 e. The Morgan fingerprint density at radius 2 is 1.90 bits per heavy atom. The summed E-state index contributed by atoms with van der Waals surface area (Å²) in [6, 6.07) is 10.1. The fourth-order valence-corrected chi connectivity index (χ4v) is 3.47. The maximum atomic E-state index is 6.08. The summed E-state index contributed by atoms with van der Waals surface area (Å²) < 4.78 is 0.817. The summed E-state index contributed by atoms with van der Waals surface area (Å²) in [6.07, 6.45) is 1.96. The van der Waals surface area contributed by atoms with Gasteiger partial charge in [-0.2, -0.15) is 0 Å². The Morgan fingerprint density at radius 3 is 2.50 bits per heavy atom. The van der Waals surface area contributed by atoms with Gasteiger partial charge in [0.2, 0.25) is 0 Å². The summed E-state index contributed by atoms with van der Waals surface area (Å²) in [7, 11) is 0. The van der Waals surface area contributed by atoms with Crippen LogP contribution in [0.3, 0.4) is 0 Å². The molecule has 1 nitrogen and oxygen atoms in total. The fourth-order valence-electron chi connectivity index (χ4n) is 2.01. The van der Waals surface area contributed by atoms with Gasteiger partial charge in [-0.1, -0.05) is 47.8 Å². The Bertz CT molecular complexity index is 568. The van der Waals surface area contributed by atoms with E-state index in [4.69, 9.17) is 34.8 Å². The van der Waals surface area contributed by atoms with Gasteiger partial charge in [-0.3, -0.25) is 0 Å². The van der Waals surface area contributed by atoms with Crippen LogP contribution in [0, 0.1) is 0 Å². The molecule has 108 valence electrons. The van der Waals surface area contributed by atoms with Gasteiger partial charge >= 0.3 is 0 Å². The lowest BCUT2D eigenvalue weighted by atomic mass is 10.0. The average molecular weight is 349 g/mol. The van der Waals surface area contributed by atoms with Gasteiger partial charge in [0.05, 0.1) is 14.4 Å². The quantitative estimate of drug-likeness (QED) is 0.676. The molecule has 1 N–H and O–H groups in total. The van der Waals surface area contributed by atoms with Gasteiger partial charge in [-0.25, -0.2) is 0 Å². The second kappa shape index (κ2) is 7.67. The van der Waals surface area contributed by atoms with Crippen molar-refractivity contribution in [1.29, 1.82) is 0 Å². The lowest BCUT2D eigenvalue weighted by Gasteiger charge is -2.17. The molecule has 0 radical (unpaired) electrons. The number of hydrogen-bond donors (Lipinski definition) is 1. The summed E-state index contributed by atoms with van der Waals surface area (Å²) in [5, 5.41) is 4.75. The van der Waals surface area contributed by atoms with Gasteiger partial charge in [0, 0.05) is 10.9 Å². The third-order valence-corrected chi connectivity index (χ3v) is 5.09. The molecule has 2 rings (SSSR count). The summed E-state index contributed by atoms with van der Waals surface area (Å²) in [5.74, 6) is 0. The number of nitrogens with one attached hydrogen (secondary N) is 1. The molecule has 0 fully saturated rings. The highest BCUT2D eigenvalue weighted by Gasteiger charge is 2.14. The van der Waals surface area contributed by atoms with Crippen molar-refractivity contribution in [2.45, 2.75) is 25.8 Å². The third-order valence-electron chi connectivity index (χ3n) is 3.00. The van der Waals surface area contributed by atoms with Crippen molar-refractivity contribution in [3.05, 3.63) is 55.2 Å². The largest absolute Gasteiger partial charge is 0.309 e. The van der Waals surface area contributed by atoms with Crippen molar-refractivity contribution >= 4 is 46.1 Å². The zero-order valence-corrected chi connectivity index (χ0v) is 14.2. The lowest BCUT2D eigenvalue weighted by Crippen LogP contribution is -2.23. The summed E-state index contributed by atoms with van der Waals surface area (Å²) in [5.41, 5.74) is 1.16. The number of hydrogen-bond acceptors (Lipinski definition) is 2. The first-order valence-corrected chi connectivity index (χ1v) is 8.47. The van der Waals surface area contributed by atoms with E-state index in [0.717, 1.165) is 29.3 Å². The molecule has 0 aliphatic rings. The first kappa shape index (κ1) is 16.1. The second-order valence-corrected chi connectivity index (χ2v) is 7.16. The van der Waals surface area contributed by atoms with E-state index in [-0.39, 0.29) is 6.04 Å². The molecular weight excluding hydrogens is 333 g/mol. The number of thiophene rings is 1.